The number of hydrogen-bond donors (Lipinski definition) is 1. The van der Waals surface area contributed by atoms with Crippen molar-refractivity contribution >= 4 is 27.3 Å². The maximum atomic E-state index is 13.2. The summed E-state index contributed by atoms with van der Waals surface area (Å²) in [5.41, 5.74) is 2.18. The van der Waals surface area contributed by atoms with Crippen LogP contribution in [0, 0.1) is 6.92 Å². The van der Waals surface area contributed by atoms with E-state index < -0.39 is 10.0 Å². The van der Waals surface area contributed by atoms with Crippen molar-refractivity contribution in [2.45, 2.75) is 11.8 Å². The number of benzene rings is 1. The van der Waals surface area contributed by atoms with Crippen LogP contribution in [0.4, 0.5) is 0 Å². The summed E-state index contributed by atoms with van der Waals surface area (Å²) in [6.45, 7) is 4.56. The lowest BCUT2D eigenvalue weighted by Crippen LogP contribution is -2.40. The number of nitrogens with one attached hydrogen (secondary N) is 1. The Morgan fingerprint density at radius 2 is 1.93 bits per heavy atom. The minimum Gasteiger partial charge on any atom is -0.379 e. The molecule has 0 spiro atoms. The first-order valence-electron chi connectivity index (χ1n) is 9.49. The van der Waals surface area contributed by atoms with Crippen LogP contribution < -0.4 is 5.32 Å². The molecule has 0 radical (unpaired) electrons. The standard InChI is InChI=1S/C20H27N3O4S2/c1-15-10-19(28-14-15)16-11-17(20(24)21-4-5-22(2)3)13-18(12-16)29(25,26)23-6-8-27-9-7-23/h10-14H,4-9H2,1-3H3,(H,21,24). The van der Waals surface area contributed by atoms with Crippen LogP contribution in [0.15, 0.2) is 34.5 Å². The second kappa shape index (κ2) is 9.36. The average Bonchev–Trinajstić information content (AvgIpc) is 3.14. The van der Waals surface area contributed by atoms with Gasteiger partial charge in [0.05, 0.1) is 18.1 Å². The van der Waals surface area contributed by atoms with Crippen LogP contribution in [0.1, 0.15) is 15.9 Å². The Labute approximate surface area is 176 Å². The van der Waals surface area contributed by atoms with Crippen LogP contribution in [0.25, 0.3) is 10.4 Å². The van der Waals surface area contributed by atoms with Gasteiger partial charge in [0.25, 0.3) is 5.91 Å². The zero-order valence-corrected chi connectivity index (χ0v) is 18.6. The number of rotatable bonds is 7. The van der Waals surface area contributed by atoms with Gasteiger partial charge in [-0.05, 0) is 61.8 Å². The predicted octanol–water partition coefficient (Wildman–Crippen LogP) is 2.04. The van der Waals surface area contributed by atoms with Crippen LogP contribution >= 0.6 is 11.3 Å². The van der Waals surface area contributed by atoms with Crippen molar-refractivity contribution in [3.05, 3.63) is 40.8 Å². The highest BCUT2D eigenvalue weighted by Crippen LogP contribution is 2.31. The predicted molar refractivity (Wildman–Crippen MR) is 115 cm³/mol. The molecule has 3 rings (SSSR count). The molecular formula is C20H27N3O4S2. The van der Waals surface area contributed by atoms with Gasteiger partial charge in [-0.15, -0.1) is 11.3 Å². The van der Waals surface area contributed by atoms with Crippen molar-refractivity contribution in [1.82, 2.24) is 14.5 Å². The number of amides is 1. The minimum absolute atomic E-state index is 0.140. The molecule has 0 bridgehead atoms. The van der Waals surface area contributed by atoms with Crippen LogP contribution in [-0.2, 0) is 14.8 Å². The fourth-order valence-electron chi connectivity index (χ4n) is 3.04. The van der Waals surface area contributed by atoms with Crippen molar-refractivity contribution in [3.8, 4) is 10.4 Å². The summed E-state index contributed by atoms with van der Waals surface area (Å²) < 4.78 is 33.1. The van der Waals surface area contributed by atoms with E-state index in [9.17, 15) is 13.2 Å². The highest BCUT2D eigenvalue weighted by atomic mass is 32.2. The number of carbonyl (C=O) groups excluding carboxylic acids is 1. The molecular weight excluding hydrogens is 410 g/mol. The van der Waals surface area contributed by atoms with Gasteiger partial charge in [-0.1, -0.05) is 0 Å². The third kappa shape index (κ3) is 5.43. The van der Waals surface area contributed by atoms with Gasteiger partial charge in [-0.3, -0.25) is 4.79 Å². The van der Waals surface area contributed by atoms with Crippen LogP contribution in [-0.4, -0.2) is 77.0 Å². The van der Waals surface area contributed by atoms with Crippen molar-refractivity contribution in [2.75, 3.05) is 53.5 Å². The molecule has 1 saturated heterocycles. The molecule has 1 aliphatic rings. The van der Waals surface area contributed by atoms with Gasteiger partial charge in [0.2, 0.25) is 10.0 Å². The van der Waals surface area contributed by atoms with Gasteiger partial charge in [-0.2, -0.15) is 4.31 Å². The number of ether oxygens (including phenoxy) is 1. The monoisotopic (exact) mass is 437 g/mol. The molecule has 2 aromatic rings. The Morgan fingerprint density at radius 3 is 2.55 bits per heavy atom. The lowest BCUT2D eigenvalue weighted by molar-refractivity contribution is 0.0730. The first-order chi connectivity index (χ1) is 13.8. The Morgan fingerprint density at radius 1 is 1.21 bits per heavy atom. The largest absolute Gasteiger partial charge is 0.379 e. The third-order valence-electron chi connectivity index (χ3n) is 4.64. The third-order valence-corrected chi connectivity index (χ3v) is 7.61. The highest BCUT2D eigenvalue weighted by Gasteiger charge is 2.28. The summed E-state index contributed by atoms with van der Waals surface area (Å²) in [5.74, 6) is -0.277. The lowest BCUT2D eigenvalue weighted by Gasteiger charge is -2.26. The fraction of sp³-hybridized carbons (Fsp3) is 0.450. The summed E-state index contributed by atoms with van der Waals surface area (Å²) in [5, 5.41) is 4.88. The van der Waals surface area contributed by atoms with E-state index in [0.717, 1.165) is 16.0 Å². The average molecular weight is 438 g/mol. The van der Waals surface area contributed by atoms with Gasteiger partial charge in [0.15, 0.2) is 0 Å². The number of nitrogens with zero attached hydrogens (tertiary/aromatic N) is 2. The number of morpholine rings is 1. The van der Waals surface area contributed by atoms with Gasteiger partial charge >= 0.3 is 0 Å². The number of likely N-dealkylation sites (N-methyl/N-ethyl adjacent to an activating group) is 1. The van der Waals surface area contributed by atoms with Gasteiger partial charge in [-0.25, -0.2) is 8.42 Å². The molecule has 1 aromatic heterocycles. The molecule has 0 unspecified atom stereocenters. The van der Waals surface area contributed by atoms with Crippen molar-refractivity contribution in [1.29, 1.82) is 0 Å². The molecule has 1 aliphatic heterocycles. The Bertz CT molecular complexity index is 964. The molecule has 0 atom stereocenters. The SMILES string of the molecule is Cc1csc(-c2cc(C(=O)NCCN(C)C)cc(S(=O)(=O)N3CCOCC3)c2)c1. The molecule has 1 N–H and O–H groups in total. The summed E-state index contributed by atoms with van der Waals surface area (Å²) >= 11 is 1.53. The molecule has 29 heavy (non-hydrogen) atoms. The molecule has 158 valence electrons. The number of thiophene rings is 1. The maximum absolute atomic E-state index is 13.2. The smallest absolute Gasteiger partial charge is 0.251 e. The van der Waals surface area contributed by atoms with E-state index in [-0.39, 0.29) is 10.8 Å². The van der Waals surface area contributed by atoms with E-state index in [1.54, 1.807) is 12.1 Å². The quantitative estimate of drug-likeness (QED) is 0.717. The van der Waals surface area contributed by atoms with E-state index >= 15 is 0 Å². The minimum atomic E-state index is -3.71. The molecule has 1 amide bonds. The first kappa shape index (κ1) is 21.9. The summed E-state index contributed by atoms with van der Waals surface area (Å²) in [6.07, 6.45) is 0. The number of hydrogen-bond acceptors (Lipinski definition) is 6. The highest BCUT2D eigenvalue weighted by molar-refractivity contribution is 7.89. The lowest BCUT2D eigenvalue weighted by atomic mass is 10.1. The summed E-state index contributed by atoms with van der Waals surface area (Å²) in [4.78, 5) is 15.8. The molecule has 7 nitrogen and oxygen atoms in total. The summed E-state index contributed by atoms with van der Waals surface area (Å²) in [7, 11) is 0.153. The van der Waals surface area contributed by atoms with Crippen molar-refractivity contribution in [2.24, 2.45) is 0 Å². The van der Waals surface area contributed by atoms with E-state index in [1.165, 1.54) is 21.7 Å². The maximum Gasteiger partial charge on any atom is 0.251 e. The normalized spacial score (nSPS) is 15.6. The van der Waals surface area contributed by atoms with Gasteiger partial charge < -0.3 is 15.0 Å². The van der Waals surface area contributed by atoms with Crippen LogP contribution in [0.2, 0.25) is 0 Å². The van der Waals surface area contributed by atoms with Crippen molar-refractivity contribution in [3.63, 3.8) is 0 Å². The number of carbonyl (C=O) groups is 1. The van der Waals surface area contributed by atoms with E-state index in [4.69, 9.17) is 4.74 Å². The van der Waals surface area contributed by atoms with E-state index in [0.29, 0.717) is 45.0 Å². The zero-order chi connectivity index (χ0) is 21.0. The zero-order valence-electron chi connectivity index (χ0n) is 17.0. The van der Waals surface area contributed by atoms with E-state index in [2.05, 4.69) is 5.32 Å². The molecule has 2 heterocycles. The van der Waals surface area contributed by atoms with Crippen molar-refractivity contribution < 1.29 is 17.9 Å². The van der Waals surface area contributed by atoms with E-state index in [1.807, 2.05) is 37.4 Å². The van der Waals surface area contributed by atoms with Gasteiger partial charge in [0.1, 0.15) is 0 Å². The molecule has 0 aliphatic carbocycles. The topological polar surface area (TPSA) is 79.0 Å². The number of sulfonamides is 1. The Hall–Kier alpha value is -1.78. The molecule has 0 saturated carbocycles. The second-order valence-corrected chi connectivity index (χ2v) is 10.2. The second-order valence-electron chi connectivity index (χ2n) is 7.31. The molecule has 1 fully saturated rings. The van der Waals surface area contributed by atoms with Gasteiger partial charge in [0, 0.05) is 36.6 Å². The van der Waals surface area contributed by atoms with Crippen LogP contribution in [0.5, 0.6) is 0 Å². The Kier molecular flexibility index (Phi) is 7.07. The van der Waals surface area contributed by atoms with Crippen LogP contribution in [0.3, 0.4) is 0 Å². The molecule has 1 aromatic carbocycles. The summed E-state index contributed by atoms with van der Waals surface area (Å²) in [6, 6.07) is 6.89. The fourth-order valence-corrected chi connectivity index (χ4v) is 5.40. The molecule has 9 heteroatoms. The Balaban J connectivity index is 1.97. The number of aryl methyl sites for hydroxylation is 1. The first-order valence-corrected chi connectivity index (χ1v) is 11.8.